The molecule has 2 aromatic carbocycles. The Morgan fingerprint density at radius 2 is 1.85 bits per heavy atom. The van der Waals surface area contributed by atoms with E-state index < -0.39 is 29.9 Å². The van der Waals surface area contributed by atoms with Crippen molar-refractivity contribution < 1.29 is 29.0 Å². The van der Waals surface area contributed by atoms with Crippen molar-refractivity contribution in [3.05, 3.63) is 70.7 Å². The molecule has 208 valence electrons. The Morgan fingerprint density at radius 1 is 1.08 bits per heavy atom. The van der Waals surface area contributed by atoms with Crippen LogP contribution in [-0.4, -0.2) is 52.7 Å². The first-order valence-corrected chi connectivity index (χ1v) is 13.8. The largest absolute Gasteiger partial charge is 0.480 e. The van der Waals surface area contributed by atoms with Crippen LogP contribution in [-0.2, 0) is 32.0 Å². The van der Waals surface area contributed by atoms with Crippen molar-refractivity contribution in [2.24, 2.45) is 11.8 Å². The van der Waals surface area contributed by atoms with Gasteiger partial charge in [-0.25, -0.2) is 20.0 Å². The molecule has 3 N–H and O–H groups in total. The van der Waals surface area contributed by atoms with Gasteiger partial charge in [-0.1, -0.05) is 54.1 Å². The number of ether oxygens (including phenoxy) is 1. The summed E-state index contributed by atoms with van der Waals surface area (Å²) in [6, 6.07) is 15.5. The van der Waals surface area contributed by atoms with E-state index in [1.807, 2.05) is 48.5 Å². The van der Waals surface area contributed by atoms with E-state index in [1.165, 1.54) is 0 Å². The maximum absolute atomic E-state index is 13.3. The van der Waals surface area contributed by atoms with Crippen LogP contribution in [0.1, 0.15) is 49.7 Å². The van der Waals surface area contributed by atoms with E-state index in [-0.39, 0.29) is 30.8 Å². The second-order valence-electron chi connectivity index (χ2n) is 10.2. The molecule has 2 aromatic rings. The van der Waals surface area contributed by atoms with Crippen LogP contribution in [0.15, 0.2) is 54.6 Å². The summed E-state index contributed by atoms with van der Waals surface area (Å²) in [4.78, 5) is 50.8. The van der Waals surface area contributed by atoms with Gasteiger partial charge in [0.1, 0.15) is 6.10 Å². The Balaban J connectivity index is 1.45. The molecule has 2 aliphatic rings. The number of nitrogens with zero attached hydrogens (tertiary/aromatic N) is 1. The zero-order chi connectivity index (χ0) is 27.8. The minimum Gasteiger partial charge on any atom is -0.480 e. The fourth-order valence-electron chi connectivity index (χ4n) is 5.41. The number of nitrogens with one attached hydrogen (secondary N) is 2. The van der Waals surface area contributed by atoms with E-state index in [1.54, 1.807) is 6.07 Å². The van der Waals surface area contributed by atoms with Crippen molar-refractivity contribution in [1.82, 2.24) is 15.8 Å². The van der Waals surface area contributed by atoms with E-state index in [0.29, 0.717) is 37.3 Å². The molecule has 4 rings (SSSR count). The number of aryl methyl sites for hydroxylation is 1. The number of carbonyl (C=O) groups excluding carboxylic acids is 3. The summed E-state index contributed by atoms with van der Waals surface area (Å²) < 4.78 is 5.74. The molecule has 4 atom stereocenters. The summed E-state index contributed by atoms with van der Waals surface area (Å²) in [5, 5.41) is 14.2. The summed E-state index contributed by atoms with van der Waals surface area (Å²) in [7, 11) is 0. The van der Waals surface area contributed by atoms with Gasteiger partial charge in [-0.15, -0.1) is 0 Å². The fraction of sp³-hybridized carbons (Fsp3) is 0.448. The first-order chi connectivity index (χ1) is 18.8. The number of halogens is 1. The number of carbonyl (C=O) groups is 4. The average Bonchev–Trinajstić information content (AvgIpc) is 3.53. The molecule has 9 nitrogen and oxygen atoms in total. The molecule has 1 heterocycles. The van der Waals surface area contributed by atoms with Crippen molar-refractivity contribution >= 4 is 35.5 Å². The Bertz CT molecular complexity index is 1180. The van der Waals surface area contributed by atoms with Gasteiger partial charge in [0.2, 0.25) is 11.8 Å². The second-order valence-corrected chi connectivity index (χ2v) is 10.6. The standard InChI is InChI=1S/C29H34ClN3O6/c30-23-10-4-8-20(17-23)16-21-9-5-11-25(21)39-29(38)32-33(26(34)13-12-19-6-2-1-3-7-19)24(28(36)37)18-22-14-15-31-27(22)35/h1-4,6-8,10,17,21-22,24-25H,5,9,11-16,18H2,(H,31,35)(H,32,38)(H,36,37)/t21?,22?,24-,25?/m0/s1. The third-order valence-electron chi connectivity index (χ3n) is 7.45. The van der Waals surface area contributed by atoms with Crippen LogP contribution in [0.3, 0.4) is 0 Å². The number of aliphatic carboxylic acids is 1. The molecule has 1 saturated heterocycles. The summed E-state index contributed by atoms with van der Waals surface area (Å²) in [5.41, 5.74) is 4.38. The van der Waals surface area contributed by atoms with Gasteiger partial charge in [0.05, 0.1) is 0 Å². The summed E-state index contributed by atoms with van der Waals surface area (Å²) in [5.74, 6) is -2.61. The Morgan fingerprint density at radius 3 is 2.54 bits per heavy atom. The van der Waals surface area contributed by atoms with E-state index in [2.05, 4.69) is 10.7 Å². The molecule has 1 saturated carbocycles. The Hall–Kier alpha value is -3.59. The lowest BCUT2D eigenvalue weighted by Gasteiger charge is -2.31. The second kappa shape index (κ2) is 13.5. The lowest BCUT2D eigenvalue weighted by Crippen LogP contribution is -2.56. The number of rotatable bonds is 10. The third-order valence-corrected chi connectivity index (χ3v) is 7.69. The molecule has 0 aromatic heterocycles. The van der Waals surface area contributed by atoms with Gasteiger partial charge >= 0.3 is 12.1 Å². The number of hydrazine groups is 1. The Kier molecular flexibility index (Phi) is 9.81. The highest BCUT2D eigenvalue weighted by atomic mass is 35.5. The van der Waals surface area contributed by atoms with E-state index in [9.17, 15) is 24.3 Å². The van der Waals surface area contributed by atoms with Crippen LogP contribution >= 0.6 is 11.6 Å². The van der Waals surface area contributed by atoms with Crippen LogP contribution in [0.4, 0.5) is 4.79 Å². The highest BCUT2D eigenvalue weighted by molar-refractivity contribution is 6.30. The van der Waals surface area contributed by atoms with Crippen LogP contribution in [0.25, 0.3) is 0 Å². The number of hydrogen-bond acceptors (Lipinski definition) is 5. The first kappa shape index (κ1) is 28.4. The lowest BCUT2D eigenvalue weighted by atomic mass is 9.96. The smallest absolute Gasteiger partial charge is 0.426 e. The summed E-state index contributed by atoms with van der Waals surface area (Å²) >= 11 is 6.12. The van der Waals surface area contributed by atoms with Gasteiger partial charge in [0.25, 0.3) is 0 Å². The van der Waals surface area contributed by atoms with Crippen LogP contribution < -0.4 is 10.7 Å². The molecule has 10 heteroatoms. The van der Waals surface area contributed by atoms with Crippen molar-refractivity contribution in [2.75, 3.05) is 6.54 Å². The highest BCUT2D eigenvalue weighted by Gasteiger charge is 2.38. The molecular weight excluding hydrogens is 522 g/mol. The average molecular weight is 556 g/mol. The van der Waals surface area contributed by atoms with Gasteiger partial charge in [-0.2, -0.15) is 0 Å². The molecule has 3 amide bonds. The van der Waals surface area contributed by atoms with Crippen LogP contribution in [0, 0.1) is 11.8 Å². The van der Waals surface area contributed by atoms with Crippen LogP contribution in [0.5, 0.6) is 0 Å². The van der Waals surface area contributed by atoms with Gasteiger partial charge in [-0.05, 0) is 68.2 Å². The minimum atomic E-state index is -1.42. The molecule has 1 aliphatic carbocycles. The molecule has 2 fully saturated rings. The predicted molar refractivity (Wildman–Crippen MR) is 145 cm³/mol. The van der Waals surface area contributed by atoms with Gasteiger partial charge < -0.3 is 15.2 Å². The van der Waals surface area contributed by atoms with Gasteiger partial charge in [-0.3, -0.25) is 9.59 Å². The first-order valence-electron chi connectivity index (χ1n) is 13.4. The van der Waals surface area contributed by atoms with E-state index >= 15 is 0 Å². The fourth-order valence-corrected chi connectivity index (χ4v) is 5.62. The SMILES string of the molecule is O=C(NN(C(=O)CCc1ccccc1)[C@@H](CC1CCNC1=O)C(=O)O)OC1CCCC1Cc1cccc(Cl)c1. The van der Waals surface area contributed by atoms with E-state index in [4.69, 9.17) is 16.3 Å². The predicted octanol–water partition coefficient (Wildman–Crippen LogP) is 4.13. The molecule has 1 aliphatic heterocycles. The highest BCUT2D eigenvalue weighted by Crippen LogP contribution is 2.32. The summed E-state index contributed by atoms with van der Waals surface area (Å²) in [6.45, 7) is 0.447. The number of hydrogen-bond donors (Lipinski definition) is 3. The maximum atomic E-state index is 13.3. The van der Waals surface area contributed by atoms with Gasteiger partial charge in [0.15, 0.2) is 6.04 Å². The molecular formula is C29H34ClN3O6. The zero-order valence-corrected chi connectivity index (χ0v) is 22.4. The van der Waals surface area contributed by atoms with Crippen molar-refractivity contribution in [2.45, 2.75) is 63.5 Å². The monoisotopic (exact) mass is 555 g/mol. The van der Waals surface area contributed by atoms with Crippen LogP contribution in [0.2, 0.25) is 5.02 Å². The lowest BCUT2D eigenvalue weighted by molar-refractivity contribution is -0.154. The van der Waals surface area contributed by atoms with Gasteiger partial charge in [0, 0.05) is 29.8 Å². The number of amides is 3. The van der Waals surface area contributed by atoms with Crippen molar-refractivity contribution in [3.63, 3.8) is 0 Å². The normalized spacial score (nSPS) is 21.2. The summed E-state index contributed by atoms with van der Waals surface area (Å²) in [6.07, 6.45) is 2.56. The quantitative estimate of drug-likeness (QED) is 0.379. The number of benzene rings is 2. The number of carboxylic acids is 1. The zero-order valence-electron chi connectivity index (χ0n) is 21.7. The molecule has 0 radical (unpaired) electrons. The molecule has 39 heavy (non-hydrogen) atoms. The van der Waals surface area contributed by atoms with Crippen molar-refractivity contribution in [3.8, 4) is 0 Å². The number of carboxylic acid groups (broad SMARTS) is 1. The third kappa shape index (κ3) is 7.95. The maximum Gasteiger partial charge on any atom is 0.426 e. The Labute approximate surface area is 232 Å². The van der Waals surface area contributed by atoms with Crippen molar-refractivity contribution in [1.29, 1.82) is 0 Å². The van der Waals surface area contributed by atoms with E-state index in [0.717, 1.165) is 29.0 Å². The molecule has 0 spiro atoms. The molecule has 0 bridgehead atoms. The molecule has 3 unspecified atom stereocenters. The minimum absolute atomic E-state index is 0.0221. The topological polar surface area (TPSA) is 125 Å².